The highest BCUT2D eigenvalue weighted by molar-refractivity contribution is 6.01. The zero-order valence-electron chi connectivity index (χ0n) is 11.9. The fourth-order valence-corrected chi connectivity index (χ4v) is 2.57. The average molecular weight is 317 g/mol. The maximum atomic E-state index is 14.1. The molecule has 0 aliphatic heterocycles. The number of fused-ring (bicyclic) bond motifs is 1. The molecule has 0 aliphatic rings. The van der Waals surface area contributed by atoms with Crippen LogP contribution in [0.4, 0.5) is 13.2 Å². The van der Waals surface area contributed by atoms with Gasteiger partial charge in [-0.25, -0.2) is 18.0 Å². The fourth-order valence-electron chi connectivity index (χ4n) is 2.57. The second-order valence-corrected chi connectivity index (χ2v) is 5.10. The Kier molecular flexibility index (Phi) is 3.52. The summed E-state index contributed by atoms with van der Waals surface area (Å²) < 4.78 is 41.2. The molecule has 1 heterocycles. The molecule has 0 amide bonds. The molecule has 0 spiro atoms. The van der Waals surface area contributed by atoms with Gasteiger partial charge in [0.05, 0.1) is 16.6 Å². The molecule has 0 saturated heterocycles. The van der Waals surface area contributed by atoms with Gasteiger partial charge in [-0.1, -0.05) is 0 Å². The summed E-state index contributed by atoms with van der Waals surface area (Å²) in [6.07, 6.45) is 1.37. The number of aryl methyl sites for hydroxylation is 1. The summed E-state index contributed by atoms with van der Waals surface area (Å²) in [5, 5.41) is 9.44. The first-order valence-electron chi connectivity index (χ1n) is 6.66. The van der Waals surface area contributed by atoms with Crippen LogP contribution >= 0.6 is 0 Å². The normalized spacial score (nSPS) is 11.0. The Morgan fingerprint density at radius 2 is 1.74 bits per heavy atom. The molecule has 0 bridgehead atoms. The van der Waals surface area contributed by atoms with Gasteiger partial charge in [0.25, 0.3) is 0 Å². The average Bonchev–Trinajstić information content (AvgIpc) is 2.46. The molecular formula is C17H10F3NO2. The van der Waals surface area contributed by atoms with Crippen molar-refractivity contribution in [1.29, 1.82) is 0 Å². The van der Waals surface area contributed by atoms with E-state index >= 15 is 0 Å². The Bertz CT molecular complexity index is 931. The Morgan fingerprint density at radius 3 is 2.35 bits per heavy atom. The molecule has 23 heavy (non-hydrogen) atoms. The van der Waals surface area contributed by atoms with E-state index in [2.05, 4.69) is 4.98 Å². The first kappa shape index (κ1) is 15.0. The lowest BCUT2D eigenvalue weighted by Crippen LogP contribution is -2.00. The van der Waals surface area contributed by atoms with Crippen LogP contribution in [0.3, 0.4) is 0 Å². The zero-order chi connectivity index (χ0) is 16.7. The molecule has 116 valence electrons. The maximum absolute atomic E-state index is 14.1. The van der Waals surface area contributed by atoms with Gasteiger partial charge in [0.2, 0.25) is 0 Å². The van der Waals surface area contributed by atoms with Gasteiger partial charge < -0.3 is 5.11 Å². The third-order valence-corrected chi connectivity index (χ3v) is 3.56. The number of hydrogen-bond acceptors (Lipinski definition) is 2. The number of benzene rings is 2. The van der Waals surface area contributed by atoms with Gasteiger partial charge in [0.15, 0.2) is 0 Å². The van der Waals surface area contributed by atoms with E-state index in [0.717, 1.165) is 0 Å². The first-order valence-corrected chi connectivity index (χ1v) is 6.66. The molecule has 0 atom stereocenters. The standard InChI is InChI=1S/C17H10F3NO2/c1-8-4-9(17(22)23)5-12-11(2-3-21-16(8)12)15-13(19)6-10(18)7-14(15)20/h2-7H,1H3,(H,22,23). The minimum Gasteiger partial charge on any atom is -0.478 e. The SMILES string of the molecule is Cc1cc(C(=O)O)cc2c(-c3c(F)cc(F)cc3F)ccnc12. The van der Waals surface area contributed by atoms with Gasteiger partial charge in [-0.15, -0.1) is 0 Å². The number of pyridine rings is 1. The molecule has 6 heteroatoms. The highest BCUT2D eigenvalue weighted by Gasteiger charge is 2.18. The summed E-state index contributed by atoms with van der Waals surface area (Å²) in [4.78, 5) is 15.3. The number of carboxylic acid groups (broad SMARTS) is 1. The lowest BCUT2D eigenvalue weighted by Gasteiger charge is -2.11. The highest BCUT2D eigenvalue weighted by atomic mass is 19.1. The van der Waals surface area contributed by atoms with Crippen molar-refractivity contribution in [3.63, 3.8) is 0 Å². The van der Waals surface area contributed by atoms with Crippen LogP contribution in [-0.2, 0) is 0 Å². The van der Waals surface area contributed by atoms with Gasteiger partial charge in [0, 0.05) is 23.7 Å². The van der Waals surface area contributed by atoms with Crippen LogP contribution < -0.4 is 0 Å². The molecule has 0 saturated carbocycles. The van der Waals surface area contributed by atoms with Crippen molar-refractivity contribution in [2.75, 3.05) is 0 Å². The fraction of sp³-hybridized carbons (Fsp3) is 0.0588. The van der Waals surface area contributed by atoms with Gasteiger partial charge >= 0.3 is 5.97 Å². The number of hydrogen-bond donors (Lipinski definition) is 1. The van der Waals surface area contributed by atoms with Crippen molar-refractivity contribution >= 4 is 16.9 Å². The molecule has 0 unspecified atom stereocenters. The molecule has 3 nitrogen and oxygen atoms in total. The van der Waals surface area contributed by atoms with E-state index in [1.54, 1.807) is 6.92 Å². The Hall–Kier alpha value is -2.89. The lowest BCUT2D eigenvalue weighted by atomic mass is 9.97. The molecule has 0 aliphatic carbocycles. The van der Waals surface area contributed by atoms with Crippen molar-refractivity contribution in [2.45, 2.75) is 6.92 Å². The molecule has 2 aromatic carbocycles. The molecule has 0 radical (unpaired) electrons. The Labute approximate surface area is 129 Å². The van der Waals surface area contributed by atoms with Gasteiger partial charge in [-0.2, -0.15) is 0 Å². The number of carbonyl (C=O) groups is 1. The second kappa shape index (κ2) is 5.39. The van der Waals surface area contributed by atoms with Crippen molar-refractivity contribution in [3.05, 3.63) is 65.1 Å². The van der Waals surface area contributed by atoms with Crippen LogP contribution in [0.5, 0.6) is 0 Å². The summed E-state index contributed by atoms with van der Waals surface area (Å²) in [5.74, 6) is -4.31. The first-order chi connectivity index (χ1) is 10.9. The molecule has 1 aromatic heterocycles. The predicted molar refractivity (Wildman–Crippen MR) is 78.7 cm³/mol. The monoisotopic (exact) mass is 317 g/mol. The van der Waals surface area contributed by atoms with Crippen LogP contribution in [0.25, 0.3) is 22.0 Å². The predicted octanol–water partition coefficient (Wildman–Crippen LogP) is 4.33. The number of halogens is 3. The number of nitrogens with zero attached hydrogens (tertiary/aromatic N) is 1. The Morgan fingerprint density at radius 1 is 1.09 bits per heavy atom. The van der Waals surface area contributed by atoms with E-state index in [9.17, 15) is 18.0 Å². The Balaban J connectivity index is 2.41. The third kappa shape index (κ3) is 2.52. The van der Waals surface area contributed by atoms with Crippen molar-refractivity contribution in [3.8, 4) is 11.1 Å². The summed E-state index contributed by atoms with van der Waals surface area (Å²) >= 11 is 0. The van der Waals surface area contributed by atoms with E-state index in [1.807, 2.05) is 0 Å². The molecule has 1 N–H and O–H groups in total. The maximum Gasteiger partial charge on any atom is 0.335 e. The number of rotatable bonds is 2. The van der Waals surface area contributed by atoms with Crippen LogP contribution in [0.15, 0.2) is 36.5 Å². The summed E-state index contributed by atoms with van der Waals surface area (Å²) in [6.45, 7) is 1.66. The van der Waals surface area contributed by atoms with E-state index < -0.39 is 29.0 Å². The van der Waals surface area contributed by atoms with Gasteiger partial charge in [-0.3, -0.25) is 4.98 Å². The summed E-state index contributed by atoms with van der Waals surface area (Å²) in [5.41, 5.74) is 0.671. The molecule has 3 rings (SSSR count). The van der Waals surface area contributed by atoms with E-state index in [0.29, 0.717) is 23.2 Å². The highest BCUT2D eigenvalue weighted by Crippen LogP contribution is 2.33. The summed E-state index contributed by atoms with van der Waals surface area (Å²) in [7, 11) is 0. The van der Waals surface area contributed by atoms with Crippen LogP contribution in [-0.4, -0.2) is 16.1 Å². The minimum absolute atomic E-state index is 0.0211. The molecular weight excluding hydrogens is 307 g/mol. The van der Waals surface area contributed by atoms with Gasteiger partial charge in [-0.05, 0) is 36.2 Å². The topological polar surface area (TPSA) is 50.2 Å². The van der Waals surface area contributed by atoms with Crippen LogP contribution in [0, 0.1) is 24.4 Å². The van der Waals surface area contributed by atoms with Gasteiger partial charge in [0.1, 0.15) is 17.5 Å². The van der Waals surface area contributed by atoms with Crippen molar-refractivity contribution < 1.29 is 23.1 Å². The van der Waals surface area contributed by atoms with Crippen LogP contribution in [0.1, 0.15) is 15.9 Å². The van der Waals surface area contributed by atoms with E-state index in [-0.39, 0.29) is 16.5 Å². The number of aromatic nitrogens is 1. The minimum atomic E-state index is -1.16. The second-order valence-electron chi connectivity index (χ2n) is 5.10. The zero-order valence-corrected chi connectivity index (χ0v) is 11.9. The van der Waals surface area contributed by atoms with Crippen LogP contribution in [0.2, 0.25) is 0 Å². The smallest absolute Gasteiger partial charge is 0.335 e. The largest absolute Gasteiger partial charge is 0.478 e. The third-order valence-electron chi connectivity index (χ3n) is 3.56. The number of aromatic carboxylic acids is 1. The summed E-state index contributed by atoms with van der Waals surface area (Å²) in [6, 6.07) is 5.26. The lowest BCUT2D eigenvalue weighted by molar-refractivity contribution is 0.0697. The molecule has 3 aromatic rings. The quantitative estimate of drug-likeness (QED) is 0.765. The van der Waals surface area contributed by atoms with Crippen molar-refractivity contribution in [1.82, 2.24) is 4.98 Å². The van der Waals surface area contributed by atoms with E-state index in [4.69, 9.17) is 5.11 Å². The molecule has 0 fully saturated rings. The van der Waals surface area contributed by atoms with Crippen molar-refractivity contribution in [2.24, 2.45) is 0 Å². The van der Waals surface area contributed by atoms with E-state index in [1.165, 1.54) is 24.4 Å². The number of carboxylic acids is 1.